The van der Waals surface area contributed by atoms with Crippen molar-refractivity contribution < 1.29 is 0 Å². The van der Waals surface area contributed by atoms with Crippen molar-refractivity contribution in [2.24, 2.45) is 10.8 Å². The lowest BCUT2D eigenvalue weighted by molar-refractivity contribution is 0.0988. The van der Waals surface area contributed by atoms with Crippen LogP contribution in [0.3, 0.4) is 0 Å². The fourth-order valence-corrected chi connectivity index (χ4v) is 8.09. The molecule has 0 fully saturated rings. The average molecular weight is 449 g/mol. The molecule has 0 saturated heterocycles. The first-order chi connectivity index (χ1) is 16.5. The van der Waals surface area contributed by atoms with Gasteiger partial charge in [-0.3, -0.25) is 0 Å². The predicted octanol–water partition coefficient (Wildman–Crippen LogP) is 4.72. The lowest BCUT2D eigenvalue weighted by atomic mass is 9.40. The highest BCUT2D eigenvalue weighted by molar-refractivity contribution is 5.98. The van der Waals surface area contributed by atoms with Crippen LogP contribution < -0.4 is 14.7 Å². The summed E-state index contributed by atoms with van der Waals surface area (Å²) >= 11 is 0. The molecule has 2 aromatic rings. The molecule has 8 rings (SSSR count). The van der Waals surface area contributed by atoms with Gasteiger partial charge < -0.3 is 19.6 Å². The summed E-state index contributed by atoms with van der Waals surface area (Å²) in [4.78, 5) is 19.0. The standard InChI is InChI=1S/C28H28N6/c1-27-18-10-6-8-12-20(18)34-21-15-29-16-30-24(21)32(4)26(34)28(27,2)23-22(27)17-9-5-7-11-19(17)33-14-13-31(3)25(23)33/h5-7,9-11,13-16,25-26H,8,12H2,1-4H3. The Morgan fingerprint density at radius 2 is 1.91 bits per heavy atom. The second kappa shape index (κ2) is 5.74. The van der Waals surface area contributed by atoms with Gasteiger partial charge in [-0.25, -0.2) is 9.97 Å². The molecule has 4 atom stereocenters. The number of allylic oxidation sites excluding steroid dienone is 5. The zero-order chi connectivity index (χ0) is 23.0. The van der Waals surface area contributed by atoms with Crippen molar-refractivity contribution >= 4 is 22.8 Å². The van der Waals surface area contributed by atoms with Gasteiger partial charge in [-0.2, -0.15) is 0 Å². The van der Waals surface area contributed by atoms with Crippen LogP contribution in [0.15, 0.2) is 78.2 Å². The Morgan fingerprint density at radius 1 is 1.06 bits per heavy atom. The summed E-state index contributed by atoms with van der Waals surface area (Å²) in [5.41, 5.74) is 9.60. The van der Waals surface area contributed by atoms with Gasteiger partial charge in [0.05, 0.1) is 11.9 Å². The van der Waals surface area contributed by atoms with Gasteiger partial charge in [0.25, 0.3) is 0 Å². The lowest BCUT2D eigenvalue weighted by Crippen LogP contribution is -2.71. The topological polar surface area (TPSA) is 38.7 Å². The highest BCUT2D eigenvalue weighted by Gasteiger charge is 2.73. The second-order valence-corrected chi connectivity index (χ2v) is 10.8. The van der Waals surface area contributed by atoms with Gasteiger partial charge in [0, 0.05) is 48.6 Å². The zero-order valence-corrected chi connectivity index (χ0v) is 20.0. The van der Waals surface area contributed by atoms with Crippen LogP contribution in [-0.2, 0) is 0 Å². The maximum Gasteiger partial charge on any atom is 0.157 e. The van der Waals surface area contributed by atoms with E-state index < -0.39 is 0 Å². The Bertz CT molecular complexity index is 1420. The van der Waals surface area contributed by atoms with Crippen LogP contribution in [0.2, 0.25) is 0 Å². The number of aromatic nitrogens is 2. The number of benzene rings is 1. The normalized spacial score (nSPS) is 33.8. The molecule has 170 valence electrons. The molecule has 6 heteroatoms. The highest BCUT2D eigenvalue weighted by atomic mass is 15.5. The smallest absolute Gasteiger partial charge is 0.157 e. The molecule has 0 spiro atoms. The molecule has 5 heterocycles. The van der Waals surface area contributed by atoms with Crippen molar-refractivity contribution in [2.75, 3.05) is 28.8 Å². The van der Waals surface area contributed by atoms with Gasteiger partial charge in [0.2, 0.25) is 0 Å². The number of likely N-dealkylation sites (N-methyl/N-ethyl adjacent to an activating group) is 1. The van der Waals surface area contributed by atoms with E-state index in [4.69, 9.17) is 4.98 Å². The summed E-state index contributed by atoms with van der Waals surface area (Å²) in [6.07, 6.45) is 15.4. The number of rotatable bonds is 0. The number of nitrogens with zero attached hydrogens (tertiary/aromatic N) is 6. The lowest BCUT2D eigenvalue weighted by Gasteiger charge is -2.70. The van der Waals surface area contributed by atoms with Crippen molar-refractivity contribution in [2.45, 2.75) is 39.0 Å². The maximum atomic E-state index is 4.74. The number of fused-ring (bicyclic) bond motifs is 14. The molecule has 0 bridgehead atoms. The van der Waals surface area contributed by atoms with E-state index in [1.54, 1.807) is 6.33 Å². The molecule has 0 radical (unpaired) electrons. The minimum Gasteiger partial charge on any atom is -0.355 e. The molecule has 6 aliphatic rings. The van der Waals surface area contributed by atoms with Gasteiger partial charge in [0.15, 0.2) is 5.82 Å². The van der Waals surface area contributed by atoms with Crippen LogP contribution in [-0.4, -0.2) is 41.3 Å². The molecule has 2 aliphatic carbocycles. The molecular weight excluding hydrogens is 420 g/mol. The van der Waals surface area contributed by atoms with Crippen molar-refractivity contribution in [1.82, 2.24) is 14.9 Å². The quantitative estimate of drug-likeness (QED) is 0.581. The van der Waals surface area contributed by atoms with Crippen molar-refractivity contribution in [1.29, 1.82) is 0 Å². The summed E-state index contributed by atoms with van der Waals surface area (Å²) in [6.45, 7) is 5.01. The minimum absolute atomic E-state index is 0.0922. The van der Waals surface area contributed by atoms with E-state index >= 15 is 0 Å². The summed E-state index contributed by atoms with van der Waals surface area (Å²) in [5, 5.41) is 0. The highest BCUT2D eigenvalue weighted by Crippen LogP contribution is 2.77. The SMILES string of the molecule is CN1C=CN2c3ccccc3C3=C(C12)C1(C)C2N(C)c4ncncc4N2C2=C(C=CCC2)C31C. The predicted molar refractivity (Wildman–Crippen MR) is 135 cm³/mol. The van der Waals surface area contributed by atoms with Gasteiger partial charge in [-0.05, 0) is 35.6 Å². The molecule has 1 aromatic heterocycles. The molecule has 0 saturated carbocycles. The van der Waals surface area contributed by atoms with E-state index in [1.807, 2.05) is 6.20 Å². The van der Waals surface area contributed by atoms with Crippen molar-refractivity contribution in [3.63, 3.8) is 0 Å². The van der Waals surface area contributed by atoms with Gasteiger partial charge in [-0.15, -0.1) is 0 Å². The number of hydrogen-bond donors (Lipinski definition) is 0. The minimum atomic E-state index is -0.116. The van der Waals surface area contributed by atoms with E-state index in [2.05, 4.69) is 101 Å². The van der Waals surface area contributed by atoms with Crippen LogP contribution in [0.5, 0.6) is 0 Å². The van der Waals surface area contributed by atoms with Crippen LogP contribution in [0, 0.1) is 10.8 Å². The number of anilines is 3. The molecule has 6 nitrogen and oxygen atoms in total. The van der Waals surface area contributed by atoms with Crippen molar-refractivity contribution in [3.8, 4) is 0 Å². The summed E-state index contributed by atoms with van der Waals surface area (Å²) in [6, 6.07) is 8.97. The summed E-state index contributed by atoms with van der Waals surface area (Å²) in [7, 11) is 4.43. The van der Waals surface area contributed by atoms with Crippen LogP contribution in [0.1, 0.15) is 32.3 Å². The van der Waals surface area contributed by atoms with Gasteiger partial charge in [0.1, 0.15) is 24.3 Å². The first-order valence-electron chi connectivity index (χ1n) is 12.2. The number of hydrogen-bond acceptors (Lipinski definition) is 6. The van der Waals surface area contributed by atoms with E-state index in [0.717, 1.165) is 24.3 Å². The monoisotopic (exact) mass is 448 g/mol. The fourth-order valence-electron chi connectivity index (χ4n) is 8.09. The van der Waals surface area contributed by atoms with E-state index in [1.165, 1.54) is 33.7 Å². The third-order valence-corrected chi connectivity index (χ3v) is 9.56. The zero-order valence-electron chi connectivity index (χ0n) is 20.0. The molecule has 34 heavy (non-hydrogen) atoms. The Balaban J connectivity index is 1.48. The average Bonchev–Trinajstić information content (AvgIpc) is 3.39. The third-order valence-electron chi connectivity index (χ3n) is 9.56. The summed E-state index contributed by atoms with van der Waals surface area (Å²) in [5.74, 6) is 1.03. The first-order valence-corrected chi connectivity index (χ1v) is 12.2. The molecular formula is C28H28N6. The molecule has 0 N–H and O–H groups in total. The second-order valence-electron chi connectivity index (χ2n) is 10.8. The van der Waals surface area contributed by atoms with Crippen molar-refractivity contribution in [3.05, 3.63) is 83.7 Å². The summed E-state index contributed by atoms with van der Waals surface area (Å²) < 4.78 is 0. The van der Waals surface area contributed by atoms with Crippen LogP contribution >= 0.6 is 0 Å². The van der Waals surface area contributed by atoms with Gasteiger partial charge in [-0.1, -0.05) is 44.2 Å². The third kappa shape index (κ3) is 1.73. The van der Waals surface area contributed by atoms with Gasteiger partial charge >= 0.3 is 0 Å². The van der Waals surface area contributed by atoms with E-state index in [9.17, 15) is 0 Å². The van der Waals surface area contributed by atoms with E-state index in [-0.39, 0.29) is 23.2 Å². The van der Waals surface area contributed by atoms with E-state index in [0.29, 0.717) is 0 Å². The Labute approximate surface area is 200 Å². The Hall–Kier alpha value is -3.54. The Kier molecular flexibility index (Phi) is 3.18. The Morgan fingerprint density at radius 3 is 2.79 bits per heavy atom. The van der Waals surface area contributed by atoms with Crippen LogP contribution in [0.25, 0.3) is 5.57 Å². The largest absolute Gasteiger partial charge is 0.355 e. The molecule has 0 amide bonds. The maximum absolute atomic E-state index is 4.74. The number of para-hydroxylation sites is 1. The fraction of sp³-hybridized carbons (Fsp3) is 0.357. The molecule has 4 aliphatic heterocycles. The molecule has 4 unspecified atom stereocenters. The molecule has 1 aromatic carbocycles. The first kappa shape index (κ1) is 18.8. The van der Waals surface area contributed by atoms with Crippen LogP contribution in [0.4, 0.5) is 17.2 Å².